The van der Waals surface area contributed by atoms with E-state index in [4.69, 9.17) is 0 Å². The van der Waals surface area contributed by atoms with Gasteiger partial charge in [-0.3, -0.25) is 4.79 Å². The van der Waals surface area contributed by atoms with E-state index in [0.29, 0.717) is 6.42 Å². The van der Waals surface area contributed by atoms with E-state index in [-0.39, 0.29) is 5.78 Å². The molecule has 0 aliphatic rings. The van der Waals surface area contributed by atoms with Crippen molar-refractivity contribution in [2.45, 2.75) is 45.7 Å². The SMILES string of the molecule is CCCCCC(=O)C(C)F. The van der Waals surface area contributed by atoms with Crippen LogP contribution >= 0.6 is 0 Å². The predicted molar refractivity (Wildman–Crippen MR) is 39.7 cm³/mol. The normalized spacial score (nSPS) is 13.1. The molecular formula is C8H15FO. The Balaban J connectivity index is 3.22. The van der Waals surface area contributed by atoms with Crippen LogP contribution in [0, 0.1) is 0 Å². The highest BCUT2D eigenvalue weighted by Gasteiger charge is 2.08. The lowest BCUT2D eigenvalue weighted by Crippen LogP contribution is -2.10. The van der Waals surface area contributed by atoms with Crippen LogP contribution in [0.25, 0.3) is 0 Å². The summed E-state index contributed by atoms with van der Waals surface area (Å²) in [4.78, 5) is 10.6. The maximum absolute atomic E-state index is 12.2. The van der Waals surface area contributed by atoms with Crippen molar-refractivity contribution in [3.63, 3.8) is 0 Å². The van der Waals surface area contributed by atoms with Crippen LogP contribution in [-0.2, 0) is 4.79 Å². The van der Waals surface area contributed by atoms with Crippen LogP contribution < -0.4 is 0 Å². The summed E-state index contributed by atoms with van der Waals surface area (Å²) < 4.78 is 12.2. The van der Waals surface area contributed by atoms with Crippen molar-refractivity contribution in [3.8, 4) is 0 Å². The lowest BCUT2D eigenvalue weighted by molar-refractivity contribution is -0.123. The van der Waals surface area contributed by atoms with Gasteiger partial charge in [-0.2, -0.15) is 0 Å². The van der Waals surface area contributed by atoms with Crippen LogP contribution in [0.2, 0.25) is 0 Å². The lowest BCUT2D eigenvalue weighted by atomic mass is 10.1. The Hall–Kier alpha value is -0.400. The number of halogens is 1. The Morgan fingerprint density at radius 1 is 1.50 bits per heavy atom. The molecule has 1 atom stereocenters. The van der Waals surface area contributed by atoms with Gasteiger partial charge in [0.2, 0.25) is 0 Å². The molecule has 0 bridgehead atoms. The zero-order chi connectivity index (χ0) is 7.98. The van der Waals surface area contributed by atoms with E-state index in [1.54, 1.807) is 0 Å². The lowest BCUT2D eigenvalue weighted by Gasteiger charge is -1.98. The first-order valence-corrected chi connectivity index (χ1v) is 3.85. The molecule has 0 heterocycles. The van der Waals surface area contributed by atoms with Gasteiger partial charge in [0.1, 0.15) is 0 Å². The molecule has 1 unspecified atom stereocenters. The first kappa shape index (κ1) is 9.60. The molecule has 0 aromatic carbocycles. The second-order valence-electron chi connectivity index (χ2n) is 2.54. The molecule has 0 aliphatic heterocycles. The van der Waals surface area contributed by atoms with Gasteiger partial charge in [-0.15, -0.1) is 0 Å². The average molecular weight is 146 g/mol. The van der Waals surface area contributed by atoms with Crippen LogP contribution in [-0.4, -0.2) is 12.0 Å². The Kier molecular flexibility index (Phi) is 5.17. The molecule has 0 aromatic rings. The molecule has 2 heteroatoms. The van der Waals surface area contributed by atoms with E-state index >= 15 is 0 Å². The molecule has 0 N–H and O–H groups in total. The fourth-order valence-corrected chi connectivity index (χ4v) is 0.748. The molecule has 0 spiro atoms. The Morgan fingerprint density at radius 3 is 2.50 bits per heavy atom. The third kappa shape index (κ3) is 4.48. The molecule has 0 radical (unpaired) electrons. The maximum Gasteiger partial charge on any atom is 0.166 e. The summed E-state index contributed by atoms with van der Waals surface area (Å²) in [5.74, 6) is -0.256. The van der Waals surface area contributed by atoms with Crippen molar-refractivity contribution >= 4 is 5.78 Å². The molecule has 0 fully saturated rings. The summed E-state index contributed by atoms with van der Waals surface area (Å²) in [6.07, 6.45) is 2.08. The summed E-state index contributed by atoms with van der Waals surface area (Å²) in [7, 11) is 0. The van der Waals surface area contributed by atoms with Crippen LogP contribution in [0.3, 0.4) is 0 Å². The summed E-state index contributed by atoms with van der Waals surface area (Å²) in [6.45, 7) is 3.36. The van der Waals surface area contributed by atoms with Crippen molar-refractivity contribution in [2.24, 2.45) is 0 Å². The van der Waals surface area contributed by atoms with Gasteiger partial charge in [-0.1, -0.05) is 19.8 Å². The number of carbonyl (C=O) groups excluding carboxylic acids is 1. The molecule has 10 heavy (non-hydrogen) atoms. The minimum absolute atomic E-state index is 0.256. The quantitative estimate of drug-likeness (QED) is 0.544. The fourth-order valence-electron chi connectivity index (χ4n) is 0.748. The highest BCUT2D eigenvalue weighted by Crippen LogP contribution is 2.03. The van der Waals surface area contributed by atoms with Gasteiger partial charge in [0, 0.05) is 6.42 Å². The van der Waals surface area contributed by atoms with Gasteiger partial charge in [0.15, 0.2) is 12.0 Å². The Bertz CT molecular complexity index is 99.4. The van der Waals surface area contributed by atoms with E-state index in [1.165, 1.54) is 6.92 Å². The van der Waals surface area contributed by atoms with Crippen LogP contribution in [0.1, 0.15) is 39.5 Å². The predicted octanol–water partition coefficient (Wildman–Crippen LogP) is 2.49. The number of rotatable bonds is 5. The zero-order valence-corrected chi connectivity index (χ0v) is 6.69. The van der Waals surface area contributed by atoms with E-state index < -0.39 is 6.17 Å². The van der Waals surface area contributed by atoms with E-state index in [0.717, 1.165) is 19.3 Å². The Morgan fingerprint density at radius 2 is 2.10 bits per heavy atom. The van der Waals surface area contributed by atoms with Crippen LogP contribution in [0.4, 0.5) is 4.39 Å². The number of ketones is 1. The van der Waals surface area contributed by atoms with Crippen molar-refractivity contribution in [3.05, 3.63) is 0 Å². The van der Waals surface area contributed by atoms with Crippen molar-refractivity contribution in [1.29, 1.82) is 0 Å². The fraction of sp³-hybridized carbons (Fsp3) is 0.875. The standard InChI is InChI=1S/C8H15FO/c1-3-4-5-6-8(10)7(2)9/h7H,3-6H2,1-2H3. The Labute approximate surface area is 61.6 Å². The molecule has 0 saturated heterocycles. The average Bonchev–Trinajstić information content (AvgIpc) is 1.88. The molecule has 0 saturated carbocycles. The first-order valence-electron chi connectivity index (χ1n) is 3.85. The summed E-state index contributed by atoms with van der Waals surface area (Å²) >= 11 is 0. The number of Topliss-reactive ketones (excluding diaryl/α,β-unsaturated/α-hetero) is 1. The number of alkyl halides is 1. The summed E-state index contributed by atoms with van der Waals surface area (Å²) in [5, 5.41) is 0. The van der Waals surface area contributed by atoms with Crippen molar-refractivity contribution in [2.75, 3.05) is 0 Å². The number of unbranched alkanes of at least 4 members (excludes halogenated alkanes) is 2. The molecular weight excluding hydrogens is 131 g/mol. The molecule has 1 nitrogen and oxygen atoms in total. The van der Waals surface area contributed by atoms with Gasteiger partial charge in [0.05, 0.1) is 0 Å². The second kappa shape index (κ2) is 5.39. The van der Waals surface area contributed by atoms with Crippen LogP contribution in [0.5, 0.6) is 0 Å². The zero-order valence-electron chi connectivity index (χ0n) is 6.69. The minimum Gasteiger partial charge on any atom is -0.296 e. The van der Waals surface area contributed by atoms with Gasteiger partial charge in [0.25, 0.3) is 0 Å². The van der Waals surface area contributed by atoms with E-state index in [9.17, 15) is 9.18 Å². The van der Waals surface area contributed by atoms with Gasteiger partial charge < -0.3 is 0 Å². The summed E-state index contributed by atoms with van der Waals surface area (Å²) in [6, 6.07) is 0. The molecule has 0 aliphatic carbocycles. The van der Waals surface area contributed by atoms with E-state index in [2.05, 4.69) is 6.92 Å². The van der Waals surface area contributed by atoms with Gasteiger partial charge in [-0.05, 0) is 13.3 Å². The van der Waals surface area contributed by atoms with Crippen molar-refractivity contribution < 1.29 is 9.18 Å². The highest BCUT2D eigenvalue weighted by molar-refractivity contribution is 5.82. The van der Waals surface area contributed by atoms with Crippen molar-refractivity contribution in [1.82, 2.24) is 0 Å². The van der Waals surface area contributed by atoms with E-state index in [1.807, 2.05) is 0 Å². The van der Waals surface area contributed by atoms with Gasteiger partial charge in [-0.25, -0.2) is 4.39 Å². The smallest absolute Gasteiger partial charge is 0.166 e. The number of hydrogen-bond acceptors (Lipinski definition) is 1. The summed E-state index contributed by atoms with van der Waals surface area (Å²) in [5.41, 5.74) is 0. The third-order valence-electron chi connectivity index (χ3n) is 1.47. The molecule has 0 amide bonds. The minimum atomic E-state index is -1.27. The largest absolute Gasteiger partial charge is 0.296 e. The topological polar surface area (TPSA) is 17.1 Å². The van der Waals surface area contributed by atoms with Gasteiger partial charge >= 0.3 is 0 Å². The highest BCUT2D eigenvalue weighted by atomic mass is 19.1. The maximum atomic E-state index is 12.2. The monoisotopic (exact) mass is 146 g/mol. The second-order valence-corrected chi connectivity index (χ2v) is 2.54. The number of carbonyl (C=O) groups is 1. The molecule has 0 rings (SSSR count). The first-order chi connectivity index (χ1) is 4.68. The molecule has 60 valence electrons. The van der Waals surface area contributed by atoms with Crippen LogP contribution in [0.15, 0.2) is 0 Å². The number of hydrogen-bond donors (Lipinski definition) is 0. The molecule has 0 aromatic heterocycles. The third-order valence-corrected chi connectivity index (χ3v) is 1.47.